The van der Waals surface area contributed by atoms with E-state index in [1.54, 1.807) is 4.90 Å². The van der Waals surface area contributed by atoms with Crippen molar-refractivity contribution in [2.24, 2.45) is 0 Å². The summed E-state index contributed by atoms with van der Waals surface area (Å²) in [5, 5.41) is 5.63. The van der Waals surface area contributed by atoms with Crippen molar-refractivity contribution >= 4 is 29.3 Å². The molecule has 0 spiro atoms. The lowest BCUT2D eigenvalue weighted by Crippen LogP contribution is -2.56. The van der Waals surface area contributed by atoms with Crippen LogP contribution in [0.25, 0.3) is 0 Å². The number of piperidine rings is 2. The summed E-state index contributed by atoms with van der Waals surface area (Å²) < 4.78 is 11.9. The molecule has 0 radical (unpaired) electrons. The third-order valence-corrected chi connectivity index (χ3v) is 8.19. The normalized spacial score (nSPS) is 27.1. The Morgan fingerprint density at radius 3 is 2.21 bits per heavy atom. The second-order valence-corrected chi connectivity index (χ2v) is 12.3. The van der Waals surface area contributed by atoms with Crippen molar-refractivity contribution in [2.45, 2.75) is 89.2 Å². The lowest BCUT2D eigenvalue weighted by atomic mass is 9.87. The Bertz CT molecular complexity index is 1020. The number of hydrogen-bond acceptors (Lipinski definition) is 8. The third kappa shape index (κ3) is 7.22. The Morgan fingerprint density at radius 1 is 0.923 bits per heavy atom. The van der Waals surface area contributed by atoms with Crippen LogP contribution >= 0.6 is 0 Å². The van der Waals surface area contributed by atoms with E-state index in [-0.39, 0.29) is 30.1 Å². The standard InChI is InChI=1S/C29H43N5O5/c1-29(2,3)39-28(37)34-12-10-23(11-13-34)38-24-18-22(19-24)33-16-14-32(15-17-33)21-6-4-20(5-7-21)30-25-8-9-26(35)31-27(25)36/h4-7,22-25,30H,8-19H2,1-3H3,(H,31,35,36). The van der Waals surface area contributed by atoms with Gasteiger partial charge in [0, 0.05) is 63.1 Å². The monoisotopic (exact) mass is 541 g/mol. The maximum atomic E-state index is 12.3. The number of nitrogens with zero attached hydrogens (tertiary/aromatic N) is 3. The minimum Gasteiger partial charge on any atom is -0.444 e. The molecule has 4 aliphatic rings. The van der Waals surface area contributed by atoms with Crippen molar-refractivity contribution in [3.05, 3.63) is 24.3 Å². The number of nitrogens with one attached hydrogen (secondary N) is 2. The van der Waals surface area contributed by atoms with E-state index >= 15 is 0 Å². The minimum absolute atomic E-state index is 0.199. The highest BCUT2D eigenvalue weighted by molar-refractivity contribution is 6.01. The summed E-state index contributed by atoms with van der Waals surface area (Å²) in [6, 6.07) is 8.46. The summed E-state index contributed by atoms with van der Waals surface area (Å²) in [6.07, 6.45) is 5.17. The molecule has 1 unspecified atom stereocenters. The second-order valence-electron chi connectivity index (χ2n) is 12.3. The summed E-state index contributed by atoms with van der Waals surface area (Å²) in [6.45, 7) is 11.2. The molecule has 3 amide bonds. The van der Waals surface area contributed by atoms with Crippen LogP contribution in [0.2, 0.25) is 0 Å². The fourth-order valence-electron chi connectivity index (χ4n) is 5.87. The zero-order valence-corrected chi connectivity index (χ0v) is 23.5. The maximum absolute atomic E-state index is 12.3. The lowest BCUT2D eigenvalue weighted by Gasteiger charge is -2.47. The van der Waals surface area contributed by atoms with Gasteiger partial charge in [0.2, 0.25) is 11.8 Å². The van der Waals surface area contributed by atoms with Crippen molar-refractivity contribution in [1.82, 2.24) is 15.1 Å². The highest BCUT2D eigenvalue weighted by atomic mass is 16.6. The summed E-state index contributed by atoms with van der Waals surface area (Å²) in [5.41, 5.74) is 1.62. The van der Waals surface area contributed by atoms with Gasteiger partial charge in [0.25, 0.3) is 0 Å². The number of benzene rings is 1. The van der Waals surface area contributed by atoms with E-state index in [4.69, 9.17) is 9.47 Å². The van der Waals surface area contributed by atoms with Crippen LogP contribution in [0.3, 0.4) is 0 Å². The predicted octanol–water partition coefficient (Wildman–Crippen LogP) is 2.97. The maximum Gasteiger partial charge on any atom is 0.410 e. The summed E-state index contributed by atoms with van der Waals surface area (Å²) in [4.78, 5) is 42.4. The van der Waals surface area contributed by atoms with Gasteiger partial charge < -0.3 is 24.6 Å². The molecule has 1 aliphatic carbocycles. The average Bonchev–Trinajstić information content (AvgIpc) is 2.88. The Hall–Kier alpha value is -2.85. The fraction of sp³-hybridized carbons (Fsp3) is 0.690. The van der Waals surface area contributed by atoms with Gasteiger partial charge in [-0.05, 0) is 77.1 Å². The number of imide groups is 1. The number of carbonyl (C=O) groups excluding carboxylic acids is 3. The molecule has 10 heteroatoms. The molecule has 0 aromatic heterocycles. The van der Waals surface area contributed by atoms with E-state index in [1.807, 2.05) is 32.9 Å². The van der Waals surface area contributed by atoms with E-state index in [9.17, 15) is 14.4 Å². The van der Waals surface area contributed by atoms with Crippen molar-refractivity contribution in [3.8, 4) is 0 Å². The first-order valence-electron chi connectivity index (χ1n) is 14.5. The van der Waals surface area contributed by atoms with Crippen molar-refractivity contribution in [2.75, 3.05) is 49.5 Å². The molecule has 0 bridgehead atoms. The first kappa shape index (κ1) is 27.7. The van der Waals surface area contributed by atoms with Crippen LogP contribution in [-0.2, 0) is 19.1 Å². The van der Waals surface area contributed by atoms with Gasteiger partial charge in [-0.1, -0.05) is 0 Å². The van der Waals surface area contributed by atoms with E-state index in [0.29, 0.717) is 38.1 Å². The lowest BCUT2D eigenvalue weighted by molar-refractivity contribution is -0.133. The molecule has 1 aromatic rings. The first-order valence-corrected chi connectivity index (χ1v) is 14.5. The average molecular weight is 542 g/mol. The van der Waals surface area contributed by atoms with E-state index in [2.05, 4.69) is 32.6 Å². The number of carbonyl (C=O) groups is 3. The molecule has 5 rings (SSSR count). The molecular weight excluding hydrogens is 498 g/mol. The second kappa shape index (κ2) is 11.7. The predicted molar refractivity (Wildman–Crippen MR) is 149 cm³/mol. The number of likely N-dealkylation sites (tertiary alicyclic amines) is 1. The molecular formula is C29H43N5O5. The number of rotatable bonds is 6. The Morgan fingerprint density at radius 2 is 1.59 bits per heavy atom. The van der Waals surface area contributed by atoms with Crippen LogP contribution in [0, 0.1) is 0 Å². The topological polar surface area (TPSA) is 103 Å². The molecule has 3 saturated heterocycles. The molecule has 1 saturated carbocycles. The van der Waals surface area contributed by atoms with E-state index in [1.165, 1.54) is 5.69 Å². The minimum atomic E-state index is -0.460. The van der Waals surface area contributed by atoms with Gasteiger partial charge in [-0.15, -0.1) is 0 Å². The number of hydrogen-bond donors (Lipinski definition) is 2. The molecule has 10 nitrogen and oxygen atoms in total. The Balaban J connectivity index is 0.985. The van der Waals surface area contributed by atoms with Gasteiger partial charge in [0.05, 0.1) is 12.2 Å². The molecule has 1 aromatic carbocycles. The number of amides is 3. The first-order chi connectivity index (χ1) is 18.6. The smallest absolute Gasteiger partial charge is 0.410 e. The Kier molecular flexibility index (Phi) is 8.32. The van der Waals surface area contributed by atoms with Crippen molar-refractivity contribution in [3.63, 3.8) is 0 Å². The Labute approximate surface area is 231 Å². The van der Waals surface area contributed by atoms with E-state index in [0.717, 1.165) is 57.5 Å². The van der Waals surface area contributed by atoms with Crippen LogP contribution < -0.4 is 15.5 Å². The summed E-state index contributed by atoms with van der Waals surface area (Å²) in [5.74, 6) is -0.450. The number of anilines is 2. The number of piperazine rings is 1. The molecule has 2 N–H and O–H groups in total. The zero-order valence-electron chi connectivity index (χ0n) is 23.5. The van der Waals surface area contributed by atoms with Gasteiger partial charge in [0.15, 0.2) is 0 Å². The van der Waals surface area contributed by atoms with Gasteiger partial charge in [-0.2, -0.15) is 0 Å². The van der Waals surface area contributed by atoms with Gasteiger partial charge in [-0.25, -0.2) is 4.79 Å². The molecule has 214 valence electrons. The fourth-order valence-corrected chi connectivity index (χ4v) is 5.87. The third-order valence-electron chi connectivity index (χ3n) is 8.19. The highest BCUT2D eigenvalue weighted by Gasteiger charge is 2.38. The van der Waals surface area contributed by atoms with Gasteiger partial charge >= 0.3 is 6.09 Å². The van der Waals surface area contributed by atoms with Crippen LogP contribution in [0.1, 0.15) is 59.3 Å². The van der Waals surface area contributed by atoms with Crippen LogP contribution in [0.15, 0.2) is 24.3 Å². The SMILES string of the molecule is CC(C)(C)OC(=O)N1CCC(OC2CC(N3CCN(c4ccc(NC5CCC(=O)NC5=O)cc4)CC3)C2)CC1. The molecule has 3 heterocycles. The van der Waals surface area contributed by atoms with E-state index < -0.39 is 5.60 Å². The van der Waals surface area contributed by atoms with Gasteiger partial charge in [-0.3, -0.25) is 19.8 Å². The van der Waals surface area contributed by atoms with Crippen LogP contribution in [-0.4, -0.2) is 96.9 Å². The molecule has 3 aliphatic heterocycles. The van der Waals surface area contributed by atoms with Crippen molar-refractivity contribution in [1.29, 1.82) is 0 Å². The largest absolute Gasteiger partial charge is 0.444 e. The highest BCUT2D eigenvalue weighted by Crippen LogP contribution is 2.32. The molecule has 4 fully saturated rings. The van der Waals surface area contributed by atoms with Gasteiger partial charge in [0.1, 0.15) is 11.6 Å². The molecule has 39 heavy (non-hydrogen) atoms. The van der Waals surface area contributed by atoms with Crippen LogP contribution in [0.5, 0.6) is 0 Å². The van der Waals surface area contributed by atoms with Crippen LogP contribution in [0.4, 0.5) is 16.2 Å². The number of ether oxygens (including phenoxy) is 2. The van der Waals surface area contributed by atoms with Crippen molar-refractivity contribution < 1.29 is 23.9 Å². The zero-order chi connectivity index (χ0) is 27.6. The summed E-state index contributed by atoms with van der Waals surface area (Å²) >= 11 is 0. The quantitative estimate of drug-likeness (QED) is 0.530. The summed E-state index contributed by atoms with van der Waals surface area (Å²) in [7, 11) is 0. The molecule has 1 atom stereocenters.